The van der Waals surface area contributed by atoms with E-state index in [0.29, 0.717) is 5.41 Å². The molecule has 1 fully saturated rings. The van der Waals surface area contributed by atoms with E-state index in [-0.39, 0.29) is 12.1 Å². The van der Waals surface area contributed by atoms with Crippen LogP contribution >= 0.6 is 0 Å². The molecule has 60 valence electrons. The van der Waals surface area contributed by atoms with Gasteiger partial charge in [0, 0.05) is 6.04 Å². The van der Waals surface area contributed by atoms with Crippen LogP contribution in [0, 0.1) is 5.41 Å². The second-order valence-electron chi connectivity index (χ2n) is 4.14. The third kappa shape index (κ3) is 1.70. The van der Waals surface area contributed by atoms with Gasteiger partial charge in [-0.05, 0) is 24.7 Å². The average Bonchev–Trinajstić information content (AvgIpc) is 1.79. The van der Waals surface area contributed by atoms with Gasteiger partial charge in [-0.25, -0.2) is 0 Å². The van der Waals surface area contributed by atoms with Crippen LogP contribution in [-0.2, 0) is 0 Å². The Kier molecular flexibility index (Phi) is 2.02. The highest BCUT2D eigenvalue weighted by atomic mass is 16.3. The monoisotopic (exact) mass is 143 g/mol. The Balaban J connectivity index is 2.49. The molecule has 1 saturated carbocycles. The summed E-state index contributed by atoms with van der Waals surface area (Å²) in [6, 6.07) is 0.00347. The number of hydrogen-bond donors (Lipinski definition) is 2. The third-order valence-electron chi connectivity index (χ3n) is 2.40. The van der Waals surface area contributed by atoms with Crippen molar-refractivity contribution in [3.63, 3.8) is 0 Å². The number of hydrogen-bond acceptors (Lipinski definition) is 2. The first kappa shape index (κ1) is 8.02. The fourth-order valence-corrected chi connectivity index (χ4v) is 1.63. The lowest BCUT2D eigenvalue weighted by Gasteiger charge is -2.36. The summed E-state index contributed by atoms with van der Waals surface area (Å²) in [6.07, 6.45) is 2.66. The highest BCUT2D eigenvalue weighted by molar-refractivity contribution is 4.86. The van der Waals surface area contributed by atoms with E-state index in [4.69, 9.17) is 5.73 Å². The van der Waals surface area contributed by atoms with Crippen molar-refractivity contribution in [1.29, 1.82) is 0 Å². The van der Waals surface area contributed by atoms with Gasteiger partial charge in [-0.3, -0.25) is 0 Å². The molecule has 1 aliphatic carbocycles. The average molecular weight is 143 g/mol. The van der Waals surface area contributed by atoms with Crippen LogP contribution in [0.15, 0.2) is 0 Å². The predicted octanol–water partition coefficient (Wildman–Crippen LogP) is 0.885. The predicted molar refractivity (Wildman–Crippen MR) is 41.6 cm³/mol. The molecule has 2 unspecified atom stereocenters. The Morgan fingerprint density at radius 2 is 2.10 bits per heavy atom. The molecule has 0 heterocycles. The lowest BCUT2D eigenvalue weighted by molar-refractivity contribution is 0.0591. The second kappa shape index (κ2) is 2.51. The quantitative estimate of drug-likeness (QED) is 0.529. The minimum Gasteiger partial charge on any atom is -0.392 e. The summed E-state index contributed by atoms with van der Waals surface area (Å²) in [5.41, 5.74) is 6.05. The maximum absolute atomic E-state index is 9.28. The lowest BCUT2D eigenvalue weighted by Crippen LogP contribution is -2.43. The Bertz CT molecular complexity index is 122. The molecule has 0 spiro atoms. The molecular weight excluding hydrogens is 126 g/mol. The first-order chi connectivity index (χ1) is 4.51. The summed E-state index contributed by atoms with van der Waals surface area (Å²) < 4.78 is 0. The van der Waals surface area contributed by atoms with Crippen molar-refractivity contribution in [2.75, 3.05) is 0 Å². The molecule has 2 heteroatoms. The van der Waals surface area contributed by atoms with E-state index in [9.17, 15) is 5.11 Å². The van der Waals surface area contributed by atoms with Crippen LogP contribution in [-0.4, -0.2) is 17.3 Å². The first-order valence-corrected chi connectivity index (χ1v) is 3.95. The van der Waals surface area contributed by atoms with E-state index in [2.05, 4.69) is 13.8 Å². The van der Waals surface area contributed by atoms with Gasteiger partial charge in [0.05, 0.1) is 6.10 Å². The summed E-state index contributed by atoms with van der Waals surface area (Å²) in [5, 5.41) is 9.28. The summed E-state index contributed by atoms with van der Waals surface area (Å²) >= 11 is 0. The SMILES string of the molecule is CC1(C)CCC(O)C(N)C1. The van der Waals surface area contributed by atoms with Crippen LogP contribution in [0.4, 0.5) is 0 Å². The highest BCUT2D eigenvalue weighted by Crippen LogP contribution is 2.34. The molecule has 2 atom stereocenters. The van der Waals surface area contributed by atoms with Crippen LogP contribution in [0.1, 0.15) is 33.1 Å². The minimum atomic E-state index is -0.256. The van der Waals surface area contributed by atoms with Crippen LogP contribution < -0.4 is 5.73 Å². The largest absolute Gasteiger partial charge is 0.392 e. The van der Waals surface area contributed by atoms with Crippen LogP contribution in [0.25, 0.3) is 0 Å². The van der Waals surface area contributed by atoms with E-state index < -0.39 is 0 Å². The molecule has 0 radical (unpaired) electrons. The molecule has 0 aromatic carbocycles. The van der Waals surface area contributed by atoms with E-state index in [1.165, 1.54) is 0 Å². The molecule has 10 heavy (non-hydrogen) atoms. The third-order valence-corrected chi connectivity index (χ3v) is 2.40. The lowest BCUT2D eigenvalue weighted by atomic mass is 9.74. The van der Waals surface area contributed by atoms with Crippen molar-refractivity contribution in [1.82, 2.24) is 0 Å². The van der Waals surface area contributed by atoms with Gasteiger partial charge in [0.2, 0.25) is 0 Å². The van der Waals surface area contributed by atoms with Crippen molar-refractivity contribution in [3.8, 4) is 0 Å². The highest BCUT2D eigenvalue weighted by Gasteiger charge is 2.31. The summed E-state index contributed by atoms with van der Waals surface area (Å²) in [6.45, 7) is 4.41. The molecule has 0 saturated heterocycles. The van der Waals surface area contributed by atoms with Gasteiger partial charge in [-0.2, -0.15) is 0 Å². The molecule has 0 amide bonds. The standard InChI is InChI=1S/C8H17NO/c1-8(2)4-3-7(10)6(9)5-8/h6-7,10H,3-5,9H2,1-2H3. The summed E-state index contributed by atoms with van der Waals surface area (Å²) in [7, 11) is 0. The Hall–Kier alpha value is -0.0800. The molecule has 1 aliphatic rings. The van der Waals surface area contributed by atoms with Gasteiger partial charge in [-0.1, -0.05) is 13.8 Å². The first-order valence-electron chi connectivity index (χ1n) is 3.95. The van der Waals surface area contributed by atoms with E-state index >= 15 is 0 Å². The molecular formula is C8H17NO. The minimum absolute atomic E-state index is 0.00347. The molecule has 2 nitrogen and oxygen atoms in total. The van der Waals surface area contributed by atoms with Crippen LogP contribution in [0.2, 0.25) is 0 Å². The second-order valence-corrected chi connectivity index (χ2v) is 4.14. The zero-order chi connectivity index (χ0) is 7.78. The normalized spacial score (nSPS) is 39.6. The van der Waals surface area contributed by atoms with Crippen molar-refractivity contribution >= 4 is 0 Å². The van der Waals surface area contributed by atoms with Gasteiger partial charge in [0.25, 0.3) is 0 Å². The van der Waals surface area contributed by atoms with E-state index in [1.807, 2.05) is 0 Å². The van der Waals surface area contributed by atoms with Gasteiger partial charge >= 0.3 is 0 Å². The zero-order valence-electron chi connectivity index (χ0n) is 6.80. The maximum Gasteiger partial charge on any atom is 0.0691 e. The Morgan fingerprint density at radius 3 is 2.50 bits per heavy atom. The van der Waals surface area contributed by atoms with Crippen LogP contribution in [0.3, 0.4) is 0 Å². The van der Waals surface area contributed by atoms with Crippen molar-refractivity contribution in [2.45, 2.75) is 45.3 Å². The van der Waals surface area contributed by atoms with Gasteiger partial charge in [0.15, 0.2) is 0 Å². The van der Waals surface area contributed by atoms with Gasteiger partial charge in [-0.15, -0.1) is 0 Å². The molecule has 0 bridgehead atoms. The Labute approximate surface area is 62.4 Å². The smallest absolute Gasteiger partial charge is 0.0691 e. The van der Waals surface area contributed by atoms with Crippen molar-refractivity contribution < 1.29 is 5.11 Å². The molecule has 3 N–H and O–H groups in total. The van der Waals surface area contributed by atoms with Crippen molar-refractivity contribution in [2.24, 2.45) is 11.1 Å². The molecule has 0 aliphatic heterocycles. The number of aliphatic hydroxyl groups is 1. The van der Waals surface area contributed by atoms with E-state index in [0.717, 1.165) is 19.3 Å². The molecule has 0 aromatic rings. The topological polar surface area (TPSA) is 46.2 Å². The van der Waals surface area contributed by atoms with Crippen LogP contribution in [0.5, 0.6) is 0 Å². The molecule has 1 rings (SSSR count). The fraction of sp³-hybridized carbons (Fsp3) is 1.00. The zero-order valence-corrected chi connectivity index (χ0v) is 6.80. The maximum atomic E-state index is 9.28. The number of nitrogens with two attached hydrogens (primary N) is 1. The van der Waals surface area contributed by atoms with Crippen molar-refractivity contribution in [3.05, 3.63) is 0 Å². The van der Waals surface area contributed by atoms with Gasteiger partial charge < -0.3 is 10.8 Å². The number of aliphatic hydroxyl groups excluding tert-OH is 1. The van der Waals surface area contributed by atoms with Gasteiger partial charge in [0.1, 0.15) is 0 Å². The van der Waals surface area contributed by atoms with E-state index in [1.54, 1.807) is 0 Å². The fourth-order valence-electron chi connectivity index (χ4n) is 1.63. The Morgan fingerprint density at radius 1 is 1.50 bits per heavy atom. The summed E-state index contributed by atoms with van der Waals surface area (Å²) in [4.78, 5) is 0. The molecule has 0 aromatic heterocycles. The number of rotatable bonds is 0. The summed E-state index contributed by atoms with van der Waals surface area (Å²) in [5.74, 6) is 0.